The first-order chi connectivity index (χ1) is 19.5. The number of aryl methyl sites for hydroxylation is 2. The van der Waals surface area contributed by atoms with Gasteiger partial charge in [-0.3, -0.25) is 4.79 Å². The average Bonchev–Trinajstić information content (AvgIpc) is 3.23. The van der Waals surface area contributed by atoms with Gasteiger partial charge in [-0.1, -0.05) is 30.3 Å². The molecule has 5 rings (SSSR count). The molecule has 0 radical (unpaired) electrons. The molecule has 0 aliphatic heterocycles. The Bertz CT molecular complexity index is 1470. The zero-order valence-electron chi connectivity index (χ0n) is 23.4. The van der Waals surface area contributed by atoms with E-state index < -0.39 is 12.1 Å². The van der Waals surface area contributed by atoms with Crippen LogP contribution in [0.2, 0.25) is 0 Å². The van der Waals surface area contributed by atoms with Crippen LogP contribution in [0.25, 0.3) is 11.1 Å². The highest BCUT2D eigenvalue weighted by molar-refractivity contribution is 5.83. The van der Waals surface area contributed by atoms with Crippen molar-refractivity contribution in [1.29, 1.82) is 0 Å². The van der Waals surface area contributed by atoms with E-state index in [1.807, 2.05) is 18.2 Å². The lowest BCUT2D eigenvalue weighted by atomic mass is 9.83. The number of rotatable bonds is 7. The van der Waals surface area contributed by atoms with Gasteiger partial charge in [-0.05, 0) is 78.1 Å². The SMILES string of the molecule is COc1cc2c(c(OC)c1OC)-c1ccc(OC)c(=O)cc1C(NC(=O)OCC1CCCc3ccccc31)CC2. The molecule has 8 nitrogen and oxygen atoms in total. The molecular weight excluding hydrogens is 510 g/mol. The molecule has 3 aromatic carbocycles. The van der Waals surface area contributed by atoms with Crippen molar-refractivity contribution in [3.8, 4) is 34.1 Å². The number of carbonyl (C=O) groups excluding carboxylic acids is 1. The monoisotopic (exact) mass is 545 g/mol. The maximum atomic E-state index is 13.2. The minimum absolute atomic E-state index is 0.167. The van der Waals surface area contributed by atoms with Crippen LogP contribution >= 0.6 is 0 Å². The summed E-state index contributed by atoms with van der Waals surface area (Å²) < 4.78 is 28.2. The number of methoxy groups -OCH3 is 4. The highest BCUT2D eigenvalue weighted by atomic mass is 16.5. The number of ether oxygens (including phenoxy) is 5. The van der Waals surface area contributed by atoms with Gasteiger partial charge in [0, 0.05) is 11.5 Å². The summed E-state index contributed by atoms with van der Waals surface area (Å²) in [5.74, 6) is 1.86. The number of hydrogen-bond acceptors (Lipinski definition) is 7. The molecule has 8 heteroatoms. The third-order valence-electron chi connectivity index (χ3n) is 7.92. The summed E-state index contributed by atoms with van der Waals surface area (Å²) >= 11 is 0. The minimum atomic E-state index is -0.516. The Hall–Kier alpha value is -4.20. The second-order valence-corrected chi connectivity index (χ2v) is 10.1. The number of benzene rings is 2. The van der Waals surface area contributed by atoms with Crippen LogP contribution in [0.5, 0.6) is 23.0 Å². The van der Waals surface area contributed by atoms with Crippen molar-refractivity contribution in [2.75, 3.05) is 35.0 Å². The quantitative estimate of drug-likeness (QED) is 0.414. The van der Waals surface area contributed by atoms with Gasteiger partial charge in [0.2, 0.25) is 11.2 Å². The number of nitrogens with one attached hydrogen (secondary N) is 1. The normalized spacial score (nSPS) is 17.3. The van der Waals surface area contributed by atoms with E-state index in [4.69, 9.17) is 23.7 Å². The predicted molar refractivity (Wildman–Crippen MR) is 152 cm³/mol. The molecular formula is C32H35NO7. The van der Waals surface area contributed by atoms with E-state index in [2.05, 4.69) is 23.5 Å². The standard InChI is InChI=1S/C32H35NO7/c1-36-27-15-13-23-24(17-26(27)34)25(14-12-20-16-28(37-2)30(38-3)31(39-4)29(20)23)33-32(35)40-18-21-10-7-9-19-8-5-6-11-22(19)21/h5-6,8,11,13,15-17,21,25H,7,9-10,12,14,18H2,1-4H3,(H,33,35). The number of hydrogen-bond donors (Lipinski definition) is 1. The minimum Gasteiger partial charge on any atom is -0.493 e. The van der Waals surface area contributed by atoms with E-state index in [9.17, 15) is 9.59 Å². The summed E-state index contributed by atoms with van der Waals surface area (Å²) in [4.78, 5) is 26.2. The van der Waals surface area contributed by atoms with Crippen molar-refractivity contribution in [1.82, 2.24) is 5.32 Å². The molecule has 1 N–H and O–H groups in total. The van der Waals surface area contributed by atoms with Crippen LogP contribution in [0, 0.1) is 0 Å². The molecule has 0 heterocycles. The molecule has 0 fully saturated rings. The summed E-state index contributed by atoms with van der Waals surface area (Å²) in [5.41, 5.74) is 5.40. The first kappa shape index (κ1) is 27.4. The highest BCUT2D eigenvalue weighted by Gasteiger charge is 2.30. The van der Waals surface area contributed by atoms with Gasteiger partial charge in [0.15, 0.2) is 17.2 Å². The van der Waals surface area contributed by atoms with E-state index in [1.165, 1.54) is 24.3 Å². The number of alkyl carbamates (subject to hydrolysis) is 1. The molecule has 2 aliphatic carbocycles. The fourth-order valence-electron chi connectivity index (χ4n) is 6.00. The van der Waals surface area contributed by atoms with Crippen LogP contribution in [0.1, 0.15) is 53.5 Å². The van der Waals surface area contributed by atoms with Gasteiger partial charge in [-0.25, -0.2) is 4.79 Å². The Kier molecular flexibility index (Phi) is 8.14. The molecule has 1 amide bonds. The maximum absolute atomic E-state index is 13.2. The predicted octanol–water partition coefficient (Wildman–Crippen LogP) is 5.58. The zero-order valence-corrected chi connectivity index (χ0v) is 23.4. The van der Waals surface area contributed by atoms with Gasteiger partial charge >= 0.3 is 6.09 Å². The third kappa shape index (κ3) is 5.18. The molecule has 2 aliphatic rings. The van der Waals surface area contributed by atoms with Crippen LogP contribution in [0.3, 0.4) is 0 Å². The second kappa shape index (κ2) is 11.9. The highest BCUT2D eigenvalue weighted by Crippen LogP contribution is 2.50. The van der Waals surface area contributed by atoms with Crippen molar-refractivity contribution >= 4 is 6.09 Å². The van der Waals surface area contributed by atoms with E-state index in [-0.39, 0.29) is 17.1 Å². The van der Waals surface area contributed by atoms with E-state index in [0.717, 1.165) is 36.0 Å². The first-order valence-corrected chi connectivity index (χ1v) is 13.5. The second-order valence-electron chi connectivity index (χ2n) is 10.1. The fraction of sp³-hybridized carbons (Fsp3) is 0.375. The Morgan fingerprint density at radius 2 is 1.60 bits per heavy atom. The van der Waals surface area contributed by atoms with Crippen LogP contribution in [0.15, 0.2) is 53.3 Å². The lowest BCUT2D eigenvalue weighted by Gasteiger charge is -2.25. The summed E-state index contributed by atoms with van der Waals surface area (Å²) in [6, 6.07) is 14.8. The van der Waals surface area contributed by atoms with E-state index in [1.54, 1.807) is 27.4 Å². The molecule has 210 valence electrons. The average molecular weight is 546 g/mol. The molecule has 2 unspecified atom stereocenters. The molecule has 0 bridgehead atoms. The zero-order chi connectivity index (χ0) is 28.2. The lowest BCUT2D eigenvalue weighted by Crippen LogP contribution is -2.31. The number of fused-ring (bicyclic) bond motifs is 4. The molecule has 0 spiro atoms. The van der Waals surface area contributed by atoms with Crippen LogP contribution in [-0.2, 0) is 17.6 Å². The topological polar surface area (TPSA) is 92.3 Å². The summed E-state index contributed by atoms with van der Waals surface area (Å²) in [5, 5.41) is 3.04. The first-order valence-electron chi connectivity index (χ1n) is 13.5. The van der Waals surface area contributed by atoms with E-state index >= 15 is 0 Å². The van der Waals surface area contributed by atoms with Crippen molar-refractivity contribution in [3.63, 3.8) is 0 Å². The van der Waals surface area contributed by atoms with Gasteiger partial charge in [0.1, 0.15) is 6.61 Å². The largest absolute Gasteiger partial charge is 0.493 e. The molecule has 2 atom stereocenters. The molecule has 0 aromatic heterocycles. The summed E-state index contributed by atoms with van der Waals surface area (Å²) in [7, 11) is 6.16. The van der Waals surface area contributed by atoms with Crippen LogP contribution in [-0.4, -0.2) is 41.1 Å². The van der Waals surface area contributed by atoms with Crippen LogP contribution in [0.4, 0.5) is 4.79 Å². The maximum Gasteiger partial charge on any atom is 0.407 e. The van der Waals surface area contributed by atoms with Gasteiger partial charge in [0.05, 0.1) is 34.5 Å². The lowest BCUT2D eigenvalue weighted by molar-refractivity contribution is 0.131. The number of carbonyl (C=O) groups is 1. The fourth-order valence-corrected chi connectivity index (χ4v) is 6.00. The third-order valence-corrected chi connectivity index (χ3v) is 7.92. The van der Waals surface area contributed by atoms with Crippen molar-refractivity contribution < 1.29 is 28.5 Å². The van der Waals surface area contributed by atoms with Crippen molar-refractivity contribution in [2.45, 2.75) is 44.1 Å². The molecule has 0 saturated heterocycles. The Morgan fingerprint density at radius 3 is 2.35 bits per heavy atom. The van der Waals surface area contributed by atoms with Crippen LogP contribution < -0.4 is 29.7 Å². The van der Waals surface area contributed by atoms with Gasteiger partial charge in [-0.2, -0.15) is 0 Å². The van der Waals surface area contributed by atoms with Crippen molar-refractivity contribution in [2.24, 2.45) is 0 Å². The number of amides is 1. The molecule has 3 aromatic rings. The Morgan fingerprint density at radius 1 is 0.825 bits per heavy atom. The van der Waals surface area contributed by atoms with Gasteiger partial charge in [0.25, 0.3) is 0 Å². The van der Waals surface area contributed by atoms with Gasteiger partial charge in [-0.15, -0.1) is 0 Å². The smallest absolute Gasteiger partial charge is 0.407 e. The van der Waals surface area contributed by atoms with E-state index in [0.29, 0.717) is 42.3 Å². The Balaban J connectivity index is 1.49. The summed E-state index contributed by atoms with van der Waals surface area (Å²) in [6.45, 7) is 0.300. The van der Waals surface area contributed by atoms with Gasteiger partial charge < -0.3 is 29.0 Å². The molecule has 40 heavy (non-hydrogen) atoms. The molecule has 0 saturated carbocycles. The summed E-state index contributed by atoms with van der Waals surface area (Å²) in [6.07, 6.45) is 3.71. The van der Waals surface area contributed by atoms with Crippen molar-refractivity contribution in [3.05, 3.63) is 81.0 Å². The Labute approximate surface area is 234 Å².